The molecule has 0 amide bonds. The first kappa shape index (κ1) is 15.7. The summed E-state index contributed by atoms with van der Waals surface area (Å²) in [4.78, 5) is 27.1. The number of rotatable bonds is 5. The summed E-state index contributed by atoms with van der Waals surface area (Å²) < 4.78 is 8.92. The number of aliphatic hydroxyl groups is 1. The van der Waals surface area contributed by atoms with Crippen molar-refractivity contribution >= 4 is 23.4 Å². The second-order valence-corrected chi connectivity index (χ2v) is 4.00. The highest BCUT2D eigenvalue weighted by atomic mass is 16.5. The highest BCUT2D eigenvalue weighted by molar-refractivity contribution is 5.89. The molecule has 8 nitrogen and oxygen atoms in total. The number of pyridine rings is 1. The van der Waals surface area contributed by atoms with Crippen LogP contribution in [0.15, 0.2) is 12.1 Å². The quantitative estimate of drug-likeness (QED) is 0.615. The Morgan fingerprint density at radius 3 is 2.45 bits per heavy atom. The van der Waals surface area contributed by atoms with Gasteiger partial charge in [0.2, 0.25) is 0 Å². The van der Waals surface area contributed by atoms with E-state index in [4.69, 9.17) is 5.73 Å². The van der Waals surface area contributed by atoms with Crippen LogP contribution in [0.4, 0.5) is 11.5 Å². The minimum Gasteiger partial charge on any atom is -0.467 e. The molecule has 110 valence electrons. The van der Waals surface area contributed by atoms with E-state index in [9.17, 15) is 14.7 Å². The molecule has 0 aliphatic carbocycles. The summed E-state index contributed by atoms with van der Waals surface area (Å²) in [5.41, 5.74) is 6.63. The number of nitrogens with two attached hydrogens (primary N) is 1. The average molecular weight is 283 g/mol. The van der Waals surface area contributed by atoms with Crippen LogP contribution < -0.4 is 11.1 Å². The van der Waals surface area contributed by atoms with Crippen molar-refractivity contribution < 1.29 is 24.2 Å². The lowest BCUT2D eigenvalue weighted by molar-refractivity contribution is -0.157. The van der Waals surface area contributed by atoms with Crippen LogP contribution in [0.5, 0.6) is 0 Å². The van der Waals surface area contributed by atoms with Gasteiger partial charge in [-0.1, -0.05) is 0 Å². The molecular weight excluding hydrogens is 266 g/mol. The number of hydrogen-bond donors (Lipinski definition) is 3. The molecule has 0 saturated heterocycles. The number of carbonyl (C=O) groups is 2. The van der Waals surface area contributed by atoms with E-state index >= 15 is 0 Å². The molecule has 1 aromatic heterocycles. The summed E-state index contributed by atoms with van der Waals surface area (Å²) >= 11 is 0. The van der Waals surface area contributed by atoms with Gasteiger partial charge in [0.25, 0.3) is 0 Å². The van der Waals surface area contributed by atoms with Crippen molar-refractivity contribution in [1.82, 2.24) is 4.98 Å². The predicted octanol–water partition coefficient (Wildman–Crippen LogP) is -0.540. The second kappa shape index (κ2) is 6.71. The zero-order valence-corrected chi connectivity index (χ0v) is 11.4. The van der Waals surface area contributed by atoms with Gasteiger partial charge < -0.3 is 25.6 Å². The van der Waals surface area contributed by atoms with Crippen LogP contribution in [0.2, 0.25) is 0 Å². The van der Waals surface area contributed by atoms with Gasteiger partial charge in [0.1, 0.15) is 5.82 Å². The molecule has 1 heterocycles. The Morgan fingerprint density at radius 1 is 1.30 bits per heavy atom. The lowest BCUT2D eigenvalue weighted by Gasteiger charge is -2.21. The molecule has 0 spiro atoms. The smallest absolute Gasteiger partial charge is 0.337 e. The zero-order chi connectivity index (χ0) is 15.3. The molecule has 1 aromatic rings. The maximum Gasteiger partial charge on any atom is 0.337 e. The van der Waals surface area contributed by atoms with Crippen molar-refractivity contribution in [1.29, 1.82) is 0 Å². The third kappa shape index (κ3) is 3.58. The molecule has 0 aliphatic heterocycles. The summed E-state index contributed by atoms with van der Waals surface area (Å²) in [5, 5.41) is 12.4. The first-order valence-electron chi connectivity index (χ1n) is 5.74. The number of nitrogen functional groups attached to an aromatic ring is 1. The van der Waals surface area contributed by atoms with Crippen LogP contribution in [0.1, 0.15) is 5.69 Å². The van der Waals surface area contributed by atoms with E-state index in [0.717, 1.165) is 14.2 Å². The number of aromatic nitrogens is 1. The van der Waals surface area contributed by atoms with Crippen LogP contribution in [0.3, 0.4) is 0 Å². The maximum absolute atomic E-state index is 11.7. The molecule has 4 N–H and O–H groups in total. The summed E-state index contributed by atoms with van der Waals surface area (Å²) in [7, 11) is 2.23. The van der Waals surface area contributed by atoms with Gasteiger partial charge in [0, 0.05) is 5.69 Å². The summed E-state index contributed by atoms with van der Waals surface area (Å²) in [6, 6.07) is 1.90. The first-order chi connectivity index (χ1) is 9.40. The first-order valence-corrected chi connectivity index (χ1v) is 5.74. The van der Waals surface area contributed by atoms with E-state index in [1.807, 2.05) is 0 Å². The van der Waals surface area contributed by atoms with E-state index in [0.29, 0.717) is 5.69 Å². The SMILES string of the molecule is COC(=O)C(O)C(Nc1nc(C)ccc1N)C(=O)OC. The summed E-state index contributed by atoms with van der Waals surface area (Å²) in [5.74, 6) is -1.65. The summed E-state index contributed by atoms with van der Waals surface area (Å²) in [6.07, 6.45) is -1.74. The van der Waals surface area contributed by atoms with Gasteiger partial charge in [-0.15, -0.1) is 0 Å². The van der Waals surface area contributed by atoms with Crippen LogP contribution in [0.25, 0.3) is 0 Å². The van der Waals surface area contributed by atoms with Gasteiger partial charge in [-0.2, -0.15) is 0 Å². The Morgan fingerprint density at radius 2 is 1.90 bits per heavy atom. The van der Waals surface area contributed by atoms with E-state index in [1.54, 1.807) is 19.1 Å². The van der Waals surface area contributed by atoms with E-state index in [-0.39, 0.29) is 11.5 Å². The third-order valence-corrected chi connectivity index (χ3v) is 2.57. The lowest BCUT2D eigenvalue weighted by Crippen LogP contribution is -2.46. The molecule has 2 atom stereocenters. The normalized spacial score (nSPS) is 13.2. The third-order valence-electron chi connectivity index (χ3n) is 2.57. The van der Waals surface area contributed by atoms with Gasteiger partial charge in [-0.05, 0) is 19.1 Å². The van der Waals surface area contributed by atoms with Crippen molar-refractivity contribution in [3.63, 3.8) is 0 Å². The van der Waals surface area contributed by atoms with Crippen molar-refractivity contribution in [2.24, 2.45) is 0 Å². The molecule has 0 radical (unpaired) electrons. The van der Waals surface area contributed by atoms with Crippen LogP contribution in [0, 0.1) is 6.92 Å². The minimum absolute atomic E-state index is 0.170. The van der Waals surface area contributed by atoms with E-state index in [1.165, 1.54) is 0 Å². The molecule has 8 heteroatoms. The number of aryl methyl sites for hydroxylation is 1. The largest absolute Gasteiger partial charge is 0.467 e. The van der Waals surface area contributed by atoms with Gasteiger partial charge in [-0.3, -0.25) is 0 Å². The molecule has 0 aromatic carbocycles. The second-order valence-electron chi connectivity index (χ2n) is 4.00. The van der Waals surface area contributed by atoms with Crippen molar-refractivity contribution in [2.75, 3.05) is 25.3 Å². The molecular formula is C12H17N3O5. The van der Waals surface area contributed by atoms with Crippen LogP contribution in [-0.2, 0) is 19.1 Å². The van der Waals surface area contributed by atoms with Crippen molar-refractivity contribution in [2.45, 2.75) is 19.1 Å². The number of hydrogen-bond acceptors (Lipinski definition) is 8. The van der Waals surface area contributed by atoms with E-state index < -0.39 is 24.1 Å². The van der Waals surface area contributed by atoms with Gasteiger partial charge in [-0.25, -0.2) is 14.6 Å². The number of ether oxygens (including phenoxy) is 2. The predicted molar refractivity (Wildman–Crippen MR) is 70.8 cm³/mol. The fourth-order valence-corrected chi connectivity index (χ4v) is 1.48. The van der Waals surface area contributed by atoms with Gasteiger partial charge in [0.05, 0.1) is 19.9 Å². The fraction of sp³-hybridized carbons (Fsp3) is 0.417. The Labute approximate surface area is 115 Å². The number of anilines is 2. The molecule has 0 fully saturated rings. The number of methoxy groups -OCH3 is 2. The van der Waals surface area contributed by atoms with Crippen molar-refractivity contribution in [3.05, 3.63) is 17.8 Å². The Kier molecular flexibility index (Phi) is 5.27. The topological polar surface area (TPSA) is 124 Å². The number of nitrogens with zero attached hydrogens (tertiary/aromatic N) is 1. The van der Waals surface area contributed by atoms with Gasteiger partial charge in [0.15, 0.2) is 12.1 Å². The summed E-state index contributed by atoms with van der Waals surface area (Å²) in [6.45, 7) is 1.73. The minimum atomic E-state index is -1.74. The van der Waals surface area contributed by atoms with Crippen LogP contribution >= 0.6 is 0 Å². The van der Waals surface area contributed by atoms with Gasteiger partial charge >= 0.3 is 11.9 Å². The standard InChI is InChI=1S/C12H17N3O5/c1-6-4-5-7(13)10(14-6)15-8(11(17)19-2)9(16)12(18)20-3/h4-5,8-9,16H,13H2,1-3H3,(H,14,15). The molecule has 0 aliphatic rings. The fourth-order valence-electron chi connectivity index (χ4n) is 1.48. The number of aliphatic hydroxyl groups excluding tert-OH is 1. The average Bonchev–Trinajstić information content (AvgIpc) is 2.45. The molecule has 1 rings (SSSR count). The highest BCUT2D eigenvalue weighted by Crippen LogP contribution is 2.18. The zero-order valence-electron chi connectivity index (χ0n) is 11.4. The molecule has 0 saturated carbocycles. The molecule has 20 heavy (non-hydrogen) atoms. The lowest BCUT2D eigenvalue weighted by atomic mass is 10.1. The molecule has 0 bridgehead atoms. The van der Waals surface area contributed by atoms with Crippen molar-refractivity contribution in [3.8, 4) is 0 Å². The Hall–Kier alpha value is -2.35. The maximum atomic E-state index is 11.7. The van der Waals surface area contributed by atoms with E-state index in [2.05, 4.69) is 19.8 Å². The molecule has 2 unspecified atom stereocenters. The Balaban J connectivity index is 3.03. The number of esters is 2. The highest BCUT2D eigenvalue weighted by Gasteiger charge is 2.34. The monoisotopic (exact) mass is 283 g/mol. The Bertz CT molecular complexity index is 506. The van der Waals surface area contributed by atoms with Crippen LogP contribution in [-0.4, -0.2) is 48.4 Å². The number of carbonyl (C=O) groups excluding carboxylic acids is 2. The number of nitrogens with one attached hydrogen (secondary N) is 1.